The Bertz CT molecular complexity index is 240. The first kappa shape index (κ1) is 9.17. The zero-order valence-corrected chi connectivity index (χ0v) is 8.91. The van der Waals surface area contributed by atoms with Crippen molar-refractivity contribution in [3.05, 3.63) is 0 Å². The van der Waals surface area contributed by atoms with Gasteiger partial charge in [-0.15, -0.1) is 0 Å². The number of hydrogen-bond donors (Lipinski definition) is 1. The van der Waals surface area contributed by atoms with Crippen LogP contribution in [0, 0.1) is 11.8 Å². The fourth-order valence-corrected chi connectivity index (χ4v) is 3.98. The van der Waals surface area contributed by atoms with Crippen LogP contribution in [0.15, 0.2) is 0 Å². The Morgan fingerprint density at radius 3 is 3.00 bits per heavy atom. The lowest BCUT2D eigenvalue weighted by Gasteiger charge is -2.63. The Balaban J connectivity index is 1.83. The summed E-state index contributed by atoms with van der Waals surface area (Å²) in [7, 11) is 0. The van der Waals surface area contributed by atoms with Crippen molar-refractivity contribution in [2.45, 2.75) is 63.3 Å². The summed E-state index contributed by atoms with van der Waals surface area (Å²) in [4.78, 5) is 0. The monoisotopic (exact) mass is 196 g/mol. The first-order chi connectivity index (χ1) is 6.72. The number of hydrogen-bond acceptors (Lipinski definition) is 2. The van der Waals surface area contributed by atoms with Crippen molar-refractivity contribution < 1.29 is 9.84 Å². The number of ether oxygens (including phenoxy) is 1. The molecule has 2 heteroatoms. The molecule has 2 saturated carbocycles. The van der Waals surface area contributed by atoms with E-state index in [0.29, 0.717) is 12.0 Å². The highest BCUT2D eigenvalue weighted by atomic mass is 16.5. The van der Waals surface area contributed by atoms with Crippen LogP contribution in [0.5, 0.6) is 0 Å². The van der Waals surface area contributed by atoms with Gasteiger partial charge in [-0.1, -0.05) is 0 Å². The average molecular weight is 196 g/mol. The maximum atomic E-state index is 9.94. The maximum absolute atomic E-state index is 9.94. The summed E-state index contributed by atoms with van der Waals surface area (Å²) in [6.07, 6.45) is 7.44. The van der Waals surface area contributed by atoms with Gasteiger partial charge >= 0.3 is 0 Å². The smallest absolute Gasteiger partial charge is 0.0767 e. The van der Waals surface area contributed by atoms with Gasteiger partial charge in [0.2, 0.25) is 0 Å². The lowest BCUT2D eigenvalue weighted by molar-refractivity contribution is -0.279. The van der Waals surface area contributed by atoms with Gasteiger partial charge < -0.3 is 9.84 Å². The Kier molecular flexibility index (Phi) is 1.94. The van der Waals surface area contributed by atoms with Crippen LogP contribution >= 0.6 is 0 Å². The molecule has 80 valence electrons. The molecule has 0 aromatic rings. The second-order valence-corrected chi connectivity index (χ2v) is 5.46. The third kappa shape index (κ3) is 1.04. The van der Waals surface area contributed by atoms with Crippen molar-refractivity contribution in [3.63, 3.8) is 0 Å². The van der Waals surface area contributed by atoms with Crippen LogP contribution in [-0.4, -0.2) is 22.9 Å². The Morgan fingerprint density at radius 2 is 2.14 bits per heavy atom. The van der Waals surface area contributed by atoms with Gasteiger partial charge in [-0.2, -0.15) is 0 Å². The predicted molar refractivity (Wildman–Crippen MR) is 54.0 cm³/mol. The second kappa shape index (κ2) is 2.96. The molecule has 2 aliphatic carbocycles. The molecule has 0 radical (unpaired) electrons. The molecular weight excluding hydrogens is 176 g/mol. The molecule has 14 heavy (non-hydrogen) atoms. The zero-order valence-electron chi connectivity index (χ0n) is 8.91. The van der Waals surface area contributed by atoms with E-state index in [0.717, 1.165) is 18.8 Å². The van der Waals surface area contributed by atoms with Crippen molar-refractivity contribution in [2.75, 3.05) is 0 Å². The van der Waals surface area contributed by atoms with E-state index in [9.17, 15) is 5.11 Å². The molecule has 1 spiro atoms. The SMILES string of the molecule is CC1CCC2C[C@H]3[C@@H](O)CCC[C@@]23O1. The molecule has 2 unspecified atom stereocenters. The van der Waals surface area contributed by atoms with Crippen LogP contribution < -0.4 is 0 Å². The van der Waals surface area contributed by atoms with E-state index in [4.69, 9.17) is 4.74 Å². The van der Waals surface area contributed by atoms with Gasteiger partial charge in [-0.05, 0) is 51.4 Å². The Morgan fingerprint density at radius 1 is 1.29 bits per heavy atom. The molecule has 1 heterocycles. The summed E-state index contributed by atoms with van der Waals surface area (Å²) in [5.74, 6) is 1.22. The summed E-state index contributed by atoms with van der Waals surface area (Å²) in [5.41, 5.74) is 0.106. The van der Waals surface area contributed by atoms with Crippen molar-refractivity contribution >= 4 is 0 Å². The normalized spacial score (nSPS) is 57.0. The van der Waals surface area contributed by atoms with Gasteiger partial charge in [0.1, 0.15) is 0 Å². The molecule has 3 fully saturated rings. The molecule has 1 N–H and O–H groups in total. The highest BCUT2D eigenvalue weighted by Crippen LogP contribution is 2.59. The van der Waals surface area contributed by atoms with Crippen LogP contribution in [0.3, 0.4) is 0 Å². The minimum absolute atomic E-state index is 0.0784. The first-order valence-corrected chi connectivity index (χ1v) is 6.08. The minimum Gasteiger partial charge on any atom is -0.393 e. The lowest BCUT2D eigenvalue weighted by atomic mass is 9.52. The predicted octanol–water partition coefficient (Wildman–Crippen LogP) is 2.10. The topological polar surface area (TPSA) is 29.5 Å². The molecule has 0 bridgehead atoms. The third-order valence-corrected chi connectivity index (χ3v) is 4.73. The quantitative estimate of drug-likeness (QED) is 0.643. The van der Waals surface area contributed by atoms with Crippen molar-refractivity contribution in [3.8, 4) is 0 Å². The van der Waals surface area contributed by atoms with Gasteiger partial charge in [0, 0.05) is 5.92 Å². The maximum Gasteiger partial charge on any atom is 0.0767 e. The highest BCUT2D eigenvalue weighted by Gasteiger charge is 2.61. The molecule has 1 aliphatic heterocycles. The van der Waals surface area contributed by atoms with Gasteiger partial charge in [-0.3, -0.25) is 0 Å². The van der Waals surface area contributed by atoms with E-state index in [1.165, 1.54) is 25.7 Å². The van der Waals surface area contributed by atoms with E-state index in [1.807, 2.05) is 0 Å². The number of rotatable bonds is 0. The Labute approximate surface area is 85.6 Å². The molecule has 5 atom stereocenters. The summed E-state index contributed by atoms with van der Waals surface area (Å²) < 4.78 is 6.19. The van der Waals surface area contributed by atoms with Crippen LogP contribution in [0.2, 0.25) is 0 Å². The molecule has 0 aromatic carbocycles. The summed E-state index contributed by atoms with van der Waals surface area (Å²) in [6.45, 7) is 2.18. The van der Waals surface area contributed by atoms with Gasteiger partial charge in [0.05, 0.1) is 17.8 Å². The molecule has 3 aliphatic rings. The zero-order chi connectivity index (χ0) is 9.76. The highest BCUT2D eigenvalue weighted by molar-refractivity contribution is 5.11. The van der Waals surface area contributed by atoms with Gasteiger partial charge in [0.15, 0.2) is 0 Å². The lowest BCUT2D eigenvalue weighted by Crippen LogP contribution is -2.66. The van der Waals surface area contributed by atoms with Crippen LogP contribution in [0.4, 0.5) is 0 Å². The van der Waals surface area contributed by atoms with Crippen molar-refractivity contribution in [1.82, 2.24) is 0 Å². The summed E-state index contributed by atoms with van der Waals surface area (Å²) in [5, 5.41) is 9.94. The Hall–Kier alpha value is -0.0800. The molecule has 3 rings (SSSR count). The minimum atomic E-state index is -0.0784. The molecular formula is C12H20O2. The summed E-state index contributed by atoms with van der Waals surface area (Å²) >= 11 is 0. The summed E-state index contributed by atoms with van der Waals surface area (Å²) in [6, 6.07) is 0. The van der Waals surface area contributed by atoms with Crippen molar-refractivity contribution in [2.24, 2.45) is 11.8 Å². The number of aliphatic hydroxyl groups is 1. The standard InChI is InChI=1S/C12H20O2/c1-8-4-5-9-7-10-11(13)3-2-6-12(9,10)14-8/h8-11,13H,2-7H2,1H3/t8?,9?,10-,11-,12+/m0/s1. The third-order valence-electron chi connectivity index (χ3n) is 4.73. The molecule has 0 amide bonds. The van der Waals surface area contributed by atoms with E-state index >= 15 is 0 Å². The van der Waals surface area contributed by atoms with Crippen LogP contribution in [0.1, 0.15) is 45.4 Å². The second-order valence-electron chi connectivity index (χ2n) is 5.46. The fourth-order valence-electron chi connectivity index (χ4n) is 3.98. The van der Waals surface area contributed by atoms with Gasteiger partial charge in [0.25, 0.3) is 0 Å². The van der Waals surface area contributed by atoms with Crippen LogP contribution in [-0.2, 0) is 4.74 Å². The average Bonchev–Trinajstić information content (AvgIpc) is 2.10. The van der Waals surface area contributed by atoms with E-state index in [1.54, 1.807) is 0 Å². The number of aliphatic hydroxyl groups excluding tert-OH is 1. The van der Waals surface area contributed by atoms with E-state index in [-0.39, 0.29) is 11.7 Å². The van der Waals surface area contributed by atoms with Gasteiger partial charge in [-0.25, -0.2) is 0 Å². The fraction of sp³-hybridized carbons (Fsp3) is 1.00. The molecule has 2 nitrogen and oxygen atoms in total. The molecule has 0 aromatic heterocycles. The van der Waals surface area contributed by atoms with Crippen LogP contribution in [0.25, 0.3) is 0 Å². The molecule has 1 saturated heterocycles. The van der Waals surface area contributed by atoms with Crippen molar-refractivity contribution in [1.29, 1.82) is 0 Å². The van der Waals surface area contributed by atoms with E-state index in [2.05, 4.69) is 6.92 Å². The first-order valence-electron chi connectivity index (χ1n) is 6.08. The van der Waals surface area contributed by atoms with E-state index < -0.39 is 0 Å². The largest absolute Gasteiger partial charge is 0.393 e.